The molecule has 0 bridgehead atoms. The second-order valence-corrected chi connectivity index (χ2v) is 4.65. The Morgan fingerprint density at radius 3 is 2.53 bits per heavy atom. The van der Waals surface area contributed by atoms with Gasteiger partial charge in [0.1, 0.15) is 17.1 Å². The zero-order valence-corrected chi connectivity index (χ0v) is 10.9. The maximum absolute atomic E-state index is 5.54. The summed E-state index contributed by atoms with van der Waals surface area (Å²) in [7, 11) is 1.89. The fourth-order valence-electron chi connectivity index (χ4n) is 1.52. The van der Waals surface area contributed by atoms with Gasteiger partial charge in [0.25, 0.3) is 0 Å². The van der Waals surface area contributed by atoms with Crippen molar-refractivity contribution in [1.82, 2.24) is 14.8 Å². The molecule has 2 N–H and O–H groups in total. The Morgan fingerprint density at radius 1 is 1.41 bits per heavy atom. The molecule has 0 saturated heterocycles. The Hall–Kier alpha value is -1.40. The summed E-state index contributed by atoms with van der Waals surface area (Å²) in [5, 5.41) is 7.76. The van der Waals surface area contributed by atoms with E-state index < -0.39 is 0 Å². The number of thiol groups is 1. The molecule has 0 aliphatic carbocycles. The number of hydrogen-bond donors (Lipinski definition) is 2. The van der Waals surface area contributed by atoms with Crippen LogP contribution in [0.25, 0.3) is 0 Å². The number of aryl methyl sites for hydroxylation is 1. The van der Waals surface area contributed by atoms with Crippen LogP contribution < -0.4 is 5.73 Å². The van der Waals surface area contributed by atoms with Crippen LogP contribution in [0.3, 0.4) is 0 Å². The molecule has 1 unspecified atom stereocenters. The van der Waals surface area contributed by atoms with Gasteiger partial charge in [-0.1, -0.05) is 36.5 Å². The highest BCUT2D eigenvalue weighted by molar-refractivity contribution is 7.81. The van der Waals surface area contributed by atoms with Gasteiger partial charge in [-0.3, -0.25) is 0 Å². The van der Waals surface area contributed by atoms with Crippen molar-refractivity contribution in [3.05, 3.63) is 47.5 Å². The molecule has 1 atom stereocenters. The Bertz CT molecular complexity index is 533. The highest BCUT2D eigenvalue weighted by atomic mass is 32.1. The maximum atomic E-state index is 5.54. The molecule has 6 heteroatoms. The largest absolute Gasteiger partial charge is 0.389 e. The molecule has 0 radical (unpaired) electrons. The molecule has 0 fully saturated rings. The van der Waals surface area contributed by atoms with Gasteiger partial charge in [-0.05, 0) is 5.56 Å². The molecular formula is C11H12N4S2. The maximum Gasteiger partial charge on any atom is 0.149 e. The van der Waals surface area contributed by atoms with Crippen LogP contribution in [0.1, 0.15) is 22.2 Å². The van der Waals surface area contributed by atoms with Crippen LogP contribution in [0.2, 0.25) is 0 Å². The second-order valence-electron chi connectivity index (χ2n) is 3.69. The van der Waals surface area contributed by atoms with Crippen molar-refractivity contribution in [2.45, 2.75) is 5.25 Å². The first kappa shape index (κ1) is 12.1. The van der Waals surface area contributed by atoms with Gasteiger partial charge < -0.3 is 10.3 Å². The van der Waals surface area contributed by atoms with E-state index in [1.807, 2.05) is 35.9 Å². The van der Waals surface area contributed by atoms with Gasteiger partial charge in [-0.2, -0.15) is 12.6 Å². The number of hydrogen-bond acceptors (Lipinski definition) is 4. The first-order valence-electron chi connectivity index (χ1n) is 5.01. The lowest BCUT2D eigenvalue weighted by molar-refractivity contribution is 0.815. The van der Waals surface area contributed by atoms with Gasteiger partial charge in [0, 0.05) is 12.6 Å². The Morgan fingerprint density at radius 2 is 2.06 bits per heavy atom. The fraction of sp³-hybridized carbons (Fsp3) is 0.182. The zero-order valence-electron chi connectivity index (χ0n) is 9.24. The third-order valence-electron chi connectivity index (χ3n) is 2.50. The first-order valence-corrected chi connectivity index (χ1v) is 5.94. The highest BCUT2D eigenvalue weighted by Gasteiger charge is 2.14. The molecule has 0 spiro atoms. The average molecular weight is 264 g/mol. The van der Waals surface area contributed by atoms with Crippen molar-refractivity contribution in [3.63, 3.8) is 0 Å². The summed E-state index contributed by atoms with van der Waals surface area (Å²) in [5.74, 6) is 0.802. The van der Waals surface area contributed by atoms with Crippen LogP contribution in [-0.4, -0.2) is 19.8 Å². The van der Waals surface area contributed by atoms with Gasteiger partial charge in [-0.25, -0.2) is 0 Å². The number of nitrogens with two attached hydrogens (primary N) is 1. The number of thiocarbonyl (C=S) groups is 1. The van der Waals surface area contributed by atoms with Crippen molar-refractivity contribution in [2.24, 2.45) is 12.8 Å². The van der Waals surface area contributed by atoms with Crippen LogP contribution in [0.15, 0.2) is 30.6 Å². The number of aromatic nitrogens is 3. The summed E-state index contributed by atoms with van der Waals surface area (Å²) in [4.78, 5) is 0.394. The van der Waals surface area contributed by atoms with Crippen LogP contribution in [-0.2, 0) is 7.05 Å². The van der Waals surface area contributed by atoms with Crippen LogP contribution in [0, 0.1) is 0 Å². The van der Waals surface area contributed by atoms with E-state index >= 15 is 0 Å². The van der Waals surface area contributed by atoms with E-state index in [2.05, 4.69) is 22.8 Å². The van der Waals surface area contributed by atoms with E-state index in [-0.39, 0.29) is 5.25 Å². The lowest BCUT2D eigenvalue weighted by Crippen LogP contribution is -2.09. The third-order valence-corrected chi connectivity index (χ3v) is 3.27. The van der Waals surface area contributed by atoms with E-state index in [1.54, 1.807) is 6.33 Å². The minimum atomic E-state index is -0.108. The molecule has 1 heterocycles. The van der Waals surface area contributed by atoms with Gasteiger partial charge in [0.05, 0.1) is 5.25 Å². The smallest absolute Gasteiger partial charge is 0.149 e. The lowest BCUT2D eigenvalue weighted by Gasteiger charge is -2.10. The Labute approximate surface area is 110 Å². The van der Waals surface area contributed by atoms with Crippen molar-refractivity contribution in [3.8, 4) is 0 Å². The molecule has 0 aliphatic heterocycles. The number of benzene rings is 1. The standard InChI is InChI=1S/C11H12N4S2/c1-15-6-13-14-11(15)9(16)7-2-4-8(5-3-7)10(12)17/h2-6,9,16H,1H3,(H2,12,17). The van der Waals surface area contributed by atoms with Crippen molar-refractivity contribution in [2.75, 3.05) is 0 Å². The van der Waals surface area contributed by atoms with Crippen LogP contribution >= 0.6 is 24.8 Å². The van der Waals surface area contributed by atoms with Gasteiger partial charge >= 0.3 is 0 Å². The molecule has 0 saturated carbocycles. The van der Waals surface area contributed by atoms with Crippen molar-refractivity contribution < 1.29 is 0 Å². The molecule has 1 aromatic carbocycles. The molecule has 17 heavy (non-hydrogen) atoms. The van der Waals surface area contributed by atoms with Gasteiger partial charge in [0.2, 0.25) is 0 Å². The third kappa shape index (κ3) is 2.48. The quantitative estimate of drug-likeness (QED) is 0.651. The Balaban J connectivity index is 2.29. The minimum absolute atomic E-state index is 0.108. The molecular weight excluding hydrogens is 252 g/mol. The summed E-state index contributed by atoms with van der Waals surface area (Å²) in [5.41, 5.74) is 7.43. The monoisotopic (exact) mass is 264 g/mol. The zero-order chi connectivity index (χ0) is 12.4. The summed E-state index contributed by atoms with van der Waals surface area (Å²) >= 11 is 9.45. The second kappa shape index (κ2) is 4.85. The minimum Gasteiger partial charge on any atom is -0.389 e. The topological polar surface area (TPSA) is 56.7 Å². The molecule has 4 nitrogen and oxygen atoms in total. The number of nitrogens with zero attached hydrogens (tertiary/aromatic N) is 3. The fourth-order valence-corrected chi connectivity index (χ4v) is 2.06. The molecule has 0 aliphatic rings. The van der Waals surface area contributed by atoms with Gasteiger partial charge in [0.15, 0.2) is 0 Å². The van der Waals surface area contributed by atoms with Crippen LogP contribution in [0.4, 0.5) is 0 Å². The summed E-state index contributed by atoms with van der Waals surface area (Å²) in [6, 6.07) is 7.66. The van der Waals surface area contributed by atoms with Crippen LogP contribution in [0.5, 0.6) is 0 Å². The Kier molecular flexibility index (Phi) is 3.44. The first-order chi connectivity index (χ1) is 8.09. The summed E-state index contributed by atoms with van der Waals surface area (Å²) in [6.45, 7) is 0. The molecule has 2 aromatic rings. The van der Waals surface area contributed by atoms with E-state index in [0.717, 1.165) is 17.0 Å². The SMILES string of the molecule is Cn1cnnc1C(S)c1ccc(C(N)=S)cc1. The number of rotatable bonds is 3. The van der Waals surface area contributed by atoms with Gasteiger partial charge in [-0.15, -0.1) is 10.2 Å². The summed E-state index contributed by atoms with van der Waals surface area (Å²) < 4.78 is 1.85. The summed E-state index contributed by atoms with van der Waals surface area (Å²) in [6.07, 6.45) is 1.65. The molecule has 1 aromatic heterocycles. The predicted octanol–water partition coefficient (Wildman–Crippen LogP) is 1.47. The van der Waals surface area contributed by atoms with Crippen molar-refractivity contribution in [1.29, 1.82) is 0 Å². The average Bonchev–Trinajstić information content (AvgIpc) is 2.74. The van der Waals surface area contributed by atoms with E-state index in [9.17, 15) is 0 Å². The van der Waals surface area contributed by atoms with E-state index in [0.29, 0.717) is 4.99 Å². The van der Waals surface area contributed by atoms with E-state index in [4.69, 9.17) is 18.0 Å². The lowest BCUT2D eigenvalue weighted by atomic mass is 10.1. The van der Waals surface area contributed by atoms with E-state index in [1.165, 1.54) is 0 Å². The van der Waals surface area contributed by atoms with Crippen molar-refractivity contribution >= 4 is 29.8 Å². The highest BCUT2D eigenvalue weighted by Crippen LogP contribution is 2.26. The normalized spacial score (nSPS) is 12.4. The molecule has 88 valence electrons. The predicted molar refractivity (Wildman–Crippen MR) is 74.2 cm³/mol. The molecule has 2 rings (SSSR count). The molecule has 0 amide bonds.